The summed E-state index contributed by atoms with van der Waals surface area (Å²) in [5.41, 5.74) is -0.388. The smallest absolute Gasteiger partial charge is 0.258 e. The van der Waals surface area contributed by atoms with Crippen molar-refractivity contribution in [3.63, 3.8) is 0 Å². The minimum Gasteiger partial charge on any atom is -0.258 e. The predicted octanol–water partition coefficient (Wildman–Crippen LogP) is 2.11. The zero-order valence-electron chi connectivity index (χ0n) is 9.08. The summed E-state index contributed by atoms with van der Waals surface area (Å²) < 4.78 is 15.2. The largest absolute Gasteiger partial charge is 0.305 e. The molecule has 8 heteroatoms. The van der Waals surface area contributed by atoms with Crippen LogP contribution in [0.2, 0.25) is 0 Å². The molecule has 0 N–H and O–H groups in total. The van der Waals surface area contributed by atoms with Crippen molar-refractivity contribution in [1.82, 2.24) is 14.8 Å². The Morgan fingerprint density at radius 2 is 2.28 bits per heavy atom. The van der Waals surface area contributed by atoms with E-state index in [4.69, 9.17) is 11.6 Å². The van der Waals surface area contributed by atoms with Crippen molar-refractivity contribution in [3.8, 4) is 0 Å². The Morgan fingerprint density at radius 1 is 1.50 bits per heavy atom. The summed E-state index contributed by atoms with van der Waals surface area (Å²) in [6.45, 7) is 0.0512. The third-order valence-electron chi connectivity index (χ3n) is 2.39. The monoisotopic (exact) mass is 270 g/mol. The topological polar surface area (TPSA) is 73.8 Å². The molecule has 0 atom stereocenters. The average molecular weight is 271 g/mol. The predicted molar refractivity (Wildman–Crippen MR) is 61.7 cm³/mol. The van der Waals surface area contributed by atoms with Gasteiger partial charge in [-0.05, 0) is 0 Å². The average Bonchev–Trinajstić information content (AvgIpc) is 2.78. The fourth-order valence-corrected chi connectivity index (χ4v) is 1.72. The van der Waals surface area contributed by atoms with Gasteiger partial charge in [-0.2, -0.15) is 9.49 Å². The molecule has 94 valence electrons. The van der Waals surface area contributed by atoms with Gasteiger partial charge in [0.25, 0.3) is 0 Å². The minimum atomic E-state index is -0.862. The van der Waals surface area contributed by atoms with Crippen LogP contribution in [0.15, 0.2) is 24.5 Å². The second kappa shape index (κ2) is 5.09. The standard InChI is InChI=1S/C10H8ClFN4O2/c11-4-9-13-6-14-15(9)5-7-2-1-3-8(10(7)12)16(17)18/h1-3,6H,4-5H2. The van der Waals surface area contributed by atoms with Gasteiger partial charge >= 0.3 is 5.69 Å². The molecule has 0 aliphatic carbocycles. The van der Waals surface area contributed by atoms with Crippen molar-refractivity contribution in [2.75, 3.05) is 0 Å². The summed E-state index contributed by atoms with van der Waals surface area (Å²) in [6, 6.07) is 4.00. The van der Waals surface area contributed by atoms with E-state index >= 15 is 0 Å². The van der Waals surface area contributed by atoms with E-state index in [0.717, 1.165) is 6.07 Å². The lowest BCUT2D eigenvalue weighted by Crippen LogP contribution is -2.08. The molecule has 0 radical (unpaired) electrons. The molecule has 0 spiro atoms. The number of hydrogen-bond acceptors (Lipinski definition) is 4. The van der Waals surface area contributed by atoms with Crippen LogP contribution in [0.3, 0.4) is 0 Å². The van der Waals surface area contributed by atoms with Crippen LogP contribution >= 0.6 is 11.6 Å². The summed E-state index contributed by atoms with van der Waals surface area (Å²) >= 11 is 5.64. The second-order valence-corrected chi connectivity index (χ2v) is 3.74. The van der Waals surface area contributed by atoms with E-state index < -0.39 is 16.4 Å². The molecule has 2 aromatic rings. The number of alkyl halides is 1. The summed E-state index contributed by atoms with van der Waals surface area (Å²) in [4.78, 5) is 13.7. The van der Waals surface area contributed by atoms with Gasteiger partial charge < -0.3 is 0 Å². The molecule has 18 heavy (non-hydrogen) atoms. The number of nitro groups is 1. The molecule has 0 amide bonds. The third-order valence-corrected chi connectivity index (χ3v) is 2.63. The molecular weight excluding hydrogens is 263 g/mol. The van der Waals surface area contributed by atoms with Crippen molar-refractivity contribution < 1.29 is 9.31 Å². The van der Waals surface area contributed by atoms with Crippen molar-refractivity contribution in [2.45, 2.75) is 12.4 Å². The normalized spacial score (nSPS) is 10.6. The molecule has 1 heterocycles. The van der Waals surface area contributed by atoms with Crippen molar-refractivity contribution in [1.29, 1.82) is 0 Å². The van der Waals surface area contributed by atoms with Gasteiger partial charge in [0.1, 0.15) is 12.2 Å². The van der Waals surface area contributed by atoms with Crippen LogP contribution in [0.25, 0.3) is 0 Å². The zero-order valence-corrected chi connectivity index (χ0v) is 9.84. The maximum atomic E-state index is 13.8. The Kier molecular flexibility index (Phi) is 3.52. The fourth-order valence-electron chi connectivity index (χ4n) is 1.51. The minimum absolute atomic E-state index is 0.0512. The molecule has 0 aliphatic rings. The molecule has 0 unspecified atom stereocenters. The van der Waals surface area contributed by atoms with Crippen LogP contribution in [-0.4, -0.2) is 19.7 Å². The van der Waals surface area contributed by atoms with Crippen LogP contribution in [0.5, 0.6) is 0 Å². The van der Waals surface area contributed by atoms with Crippen LogP contribution in [-0.2, 0) is 12.4 Å². The lowest BCUT2D eigenvalue weighted by Gasteiger charge is -2.05. The Morgan fingerprint density at radius 3 is 2.94 bits per heavy atom. The molecular formula is C10H8ClFN4O2. The van der Waals surface area contributed by atoms with E-state index in [9.17, 15) is 14.5 Å². The van der Waals surface area contributed by atoms with Gasteiger partial charge in [0, 0.05) is 11.6 Å². The molecule has 0 bridgehead atoms. The number of nitrogens with zero attached hydrogens (tertiary/aromatic N) is 4. The van der Waals surface area contributed by atoms with Gasteiger partial charge in [-0.15, -0.1) is 11.6 Å². The van der Waals surface area contributed by atoms with Crippen molar-refractivity contribution in [3.05, 3.63) is 51.8 Å². The molecule has 0 saturated carbocycles. The van der Waals surface area contributed by atoms with Crippen molar-refractivity contribution >= 4 is 17.3 Å². The highest BCUT2D eigenvalue weighted by molar-refractivity contribution is 6.16. The van der Waals surface area contributed by atoms with Gasteiger partial charge in [-0.1, -0.05) is 12.1 Å². The first kappa shape index (κ1) is 12.4. The molecule has 2 rings (SSSR count). The Labute approximate surface area is 106 Å². The van der Waals surface area contributed by atoms with Gasteiger partial charge in [0.15, 0.2) is 0 Å². The summed E-state index contributed by atoms with van der Waals surface area (Å²) in [5.74, 6) is -0.252. The Hall–Kier alpha value is -2.02. The highest BCUT2D eigenvalue weighted by Gasteiger charge is 2.18. The number of benzene rings is 1. The summed E-state index contributed by atoms with van der Waals surface area (Å²) in [5, 5.41) is 14.5. The number of nitro benzene ring substituents is 1. The van der Waals surface area contributed by atoms with Gasteiger partial charge in [0.2, 0.25) is 5.82 Å². The molecule has 6 nitrogen and oxygen atoms in total. The van der Waals surface area contributed by atoms with Crippen LogP contribution in [0.1, 0.15) is 11.4 Å². The first-order valence-corrected chi connectivity index (χ1v) is 5.51. The number of hydrogen-bond donors (Lipinski definition) is 0. The maximum absolute atomic E-state index is 13.8. The van der Waals surface area contributed by atoms with E-state index in [1.54, 1.807) is 0 Å². The Bertz CT molecular complexity index is 587. The van der Waals surface area contributed by atoms with E-state index in [-0.39, 0.29) is 18.0 Å². The highest BCUT2D eigenvalue weighted by Crippen LogP contribution is 2.21. The number of halogens is 2. The van der Waals surface area contributed by atoms with Gasteiger partial charge in [0.05, 0.1) is 17.3 Å². The van der Waals surface area contributed by atoms with E-state index in [1.165, 1.54) is 23.1 Å². The number of aromatic nitrogens is 3. The summed E-state index contributed by atoms with van der Waals surface area (Å²) in [6.07, 6.45) is 1.30. The highest BCUT2D eigenvalue weighted by atomic mass is 35.5. The van der Waals surface area contributed by atoms with Crippen LogP contribution in [0.4, 0.5) is 10.1 Å². The quantitative estimate of drug-likeness (QED) is 0.484. The Balaban J connectivity index is 2.35. The van der Waals surface area contributed by atoms with Gasteiger partial charge in [-0.25, -0.2) is 9.67 Å². The lowest BCUT2D eigenvalue weighted by atomic mass is 10.2. The zero-order chi connectivity index (χ0) is 13.1. The molecule has 1 aromatic carbocycles. The molecule has 0 saturated heterocycles. The maximum Gasteiger partial charge on any atom is 0.305 e. The van der Waals surface area contributed by atoms with E-state index in [0.29, 0.717) is 5.82 Å². The van der Waals surface area contributed by atoms with Crippen LogP contribution < -0.4 is 0 Å². The van der Waals surface area contributed by atoms with Crippen molar-refractivity contribution in [2.24, 2.45) is 0 Å². The van der Waals surface area contributed by atoms with Crippen LogP contribution in [0, 0.1) is 15.9 Å². The first-order chi connectivity index (χ1) is 8.63. The fraction of sp³-hybridized carbons (Fsp3) is 0.200. The lowest BCUT2D eigenvalue weighted by molar-refractivity contribution is -0.387. The molecule has 0 aliphatic heterocycles. The third kappa shape index (κ3) is 2.30. The molecule has 1 aromatic heterocycles. The SMILES string of the molecule is O=[N+]([O-])c1cccc(Cn2ncnc2CCl)c1F. The van der Waals surface area contributed by atoms with E-state index in [1.807, 2.05) is 0 Å². The van der Waals surface area contributed by atoms with Gasteiger partial charge in [-0.3, -0.25) is 10.1 Å². The van der Waals surface area contributed by atoms with E-state index in [2.05, 4.69) is 10.1 Å². The second-order valence-electron chi connectivity index (χ2n) is 3.47. The first-order valence-electron chi connectivity index (χ1n) is 4.98. The summed E-state index contributed by atoms with van der Waals surface area (Å²) in [7, 11) is 0. The molecule has 0 fully saturated rings. The number of rotatable bonds is 4.